The predicted octanol–water partition coefficient (Wildman–Crippen LogP) is 8.11. The van der Waals surface area contributed by atoms with Gasteiger partial charge in [0.15, 0.2) is 0 Å². The van der Waals surface area contributed by atoms with Crippen LogP contribution in [0.3, 0.4) is 0 Å². The SMILES string of the molecule is C#CCCCCCC(C)OCC(=O)NCCCC[C@@H](N)C(=O)N[C@H](C(=O)N[C@@H](CCCNC(N)=O)C(=O)Nc1ccc(COC(=O)NCC(=O)Nc2ccc3c(c2)[C@@]2(C)CCC[C@](C)(C(=O)NC(=O)[C@@]4(C)CCC[C@]5(C)c6cc(N)ccc6CC[C@@H]45)[C@@H]2CC3)cc1)C(C)C. The maximum Gasteiger partial charge on any atom is 0.407 e. The molecule has 3 aromatic rings. The summed E-state index contributed by atoms with van der Waals surface area (Å²) in [6.07, 6.45) is 18.8. The van der Waals surface area contributed by atoms with E-state index < -0.39 is 76.0 Å². The Balaban J connectivity index is 0.851. The van der Waals surface area contributed by atoms with Crippen LogP contribution in [0.25, 0.3) is 0 Å². The molecule has 2 fully saturated rings. The van der Waals surface area contributed by atoms with Crippen LogP contribution in [-0.4, -0.2) is 104 Å². The Bertz CT molecular complexity index is 3240. The molecule has 2 saturated carbocycles. The number of nitrogen functional groups attached to an aromatic ring is 1. The molecule has 0 radical (unpaired) electrons. The lowest BCUT2D eigenvalue weighted by Gasteiger charge is -2.56. The maximum absolute atomic E-state index is 14.7. The number of imide groups is 1. The average molecular weight is 1300 g/mol. The molecule has 0 heterocycles. The normalized spacial score (nSPS) is 23.1. The number of carbonyl (C=O) groups excluding carboxylic acids is 9. The van der Waals surface area contributed by atoms with Crippen molar-refractivity contribution in [3.8, 4) is 12.3 Å². The van der Waals surface area contributed by atoms with Gasteiger partial charge in [0.05, 0.1) is 23.0 Å². The van der Waals surface area contributed by atoms with Crippen LogP contribution in [0.1, 0.15) is 192 Å². The lowest BCUT2D eigenvalue weighted by atomic mass is 9.49. The van der Waals surface area contributed by atoms with E-state index in [0.717, 1.165) is 100 Å². The monoisotopic (exact) mass is 1300 g/mol. The number of carbonyl (C=O) groups is 9. The summed E-state index contributed by atoms with van der Waals surface area (Å²) in [6.45, 7) is 13.9. The number of unbranched alkanes of at least 4 members (excludes halogenated alkanes) is 4. The van der Waals surface area contributed by atoms with E-state index in [1.165, 1.54) is 11.1 Å². The van der Waals surface area contributed by atoms with Gasteiger partial charge in [-0.1, -0.05) is 91.5 Å². The van der Waals surface area contributed by atoms with Crippen LogP contribution in [0.2, 0.25) is 0 Å². The minimum absolute atomic E-state index is 0.0477. The Morgan fingerprint density at radius 3 is 1.87 bits per heavy atom. The summed E-state index contributed by atoms with van der Waals surface area (Å²) in [5, 5.41) is 22.1. The Kier molecular flexibility index (Phi) is 26.1. The van der Waals surface area contributed by atoms with Crippen molar-refractivity contribution in [2.75, 3.05) is 42.6 Å². The van der Waals surface area contributed by atoms with Crippen LogP contribution in [0.5, 0.6) is 0 Å². The predicted molar refractivity (Wildman–Crippen MR) is 362 cm³/mol. The fraction of sp³-hybridized carbons (Fsp3) is 0.597. The maximum atomic E-state index is 14.7. The molecule has 14 N–H and O–H groups in total. The van der Waals surface area contributed by atoms with E-state index in [1.54, 1.807) is 38.1 Å². The van der Waals surface area contributed by atoms with Gasteiger partial charge in [0.25, 0.3) is 0 Å². The van der Waals surface area contributed by atoms with Crippen molar-refractivity contribution in [1.29, 1.82) is 0 Å². The van der Waals surface area contributed by atoms with E-state index in [2.05, 4.69) is 81.4 Å². The molecule has 0 spiro atoms. The Morgan fingerprint density at radius 1 is 0.638 bits per heavy atom. The molecule has 10 atom stereocenters. The number of amides is 10. The lowest BCUT2D eigenvalue weighted by molar-refractivity contribution is -0.150. The molecule has 3 aromatic carbocycles. The summed E-state index contributed by atoms with van der Waals surface area (Å²) >= 11 is 0. The lowest BCUT2D eigenvalue weighted by Crippen LogP contribution is -2.60. The Labute approximate surface area is 554 Å². The largest absolute Gasteiger partial charge is 0.445 e. The molecule has 94 heavy (non-hydrogen) atoms. The third kappa shape index (κ3) is 18.9. The van der Waals surface area contributed by atoms with Gasteiger partial charge in [-0.15, -0.1) is 12.3 Å². The van der Waals surface area contributed by atoms with Gasteiger partial charge in [-0.3, -0.25) is 38.9 Å². The van der Waals surface area contributed by atoms with Crippen molar-refractivity contribution in [2.45, 2.75) is 219 Å². The average Bonchev–Trinajstić information content (AvgIpc) is 0.729. The van der Waals surface area contributed by atoms with Crippen molar-refractivity contribution in [3.63, 3.8) is 0 Å². The summed E-state index contributed by atoms with van der Waals surface area (Å²) in [4.78, 5) is 120. The van der Waals surface area contributed by atoms with Crippen LogP contribution >= 0.6 is 0 Å². The molecule has 0 saturated heterocycles. The first-order valence-corrected chi connectivity index (χ1v) is 33.9. The minimum Gasteiger partial charge on any atom is -0.445 e. The summed E-state index contributed by atoms with van der Waals surface area (Å²) in [6, 6.07) is 14.6. The van der Waals surface area contributed by atoms with Gasteiger partial charge in [-0.2, -0.15) is 0 Å². The molecule has 0 aromatic heterocycles. The molecule has 22 heteroatoms. The fourth-order valence-corrected chi connectivity index (χ4v) is 15.3. The third-order valence-corrected chi connectivity index (χ3v) is 20.7. The highest BCUT2D eigenvalue weighted by atomic mass is 16.5. The van der Waals surface area contributed by atoms with Crippen molar-refractivity contribution in [3.05, 3.63) is 88.5 Å². The highest BCUT2D eigenvalue weighted by Gasteiger charge is 2.58. The molecule has 0 aliphatic heterocycles. The number of ether oxygens (including phenoxy) is 2. The molecule has 7 rings (SSSR count). The summed E-state index contributed by atoms with van der Waals surface area (Å²) in [5.74, 6) is -0.618. The highest BCUT2D eigenvalue weighted by Crippen LogP contribution is 2.60. The number of rotatable bonds is 31. The number of hydrogen-bond donors (Lipinski definition) is 11. The second-order valence-electron chi connectivity index (χ2n) is 27.9. The molecule has 10 amide bonds. The Hall–Kier alpha value is -8.03. The number of aryl methyl sites for hydroxylation is 2. The van der Waals surface area contributed by atoms with Crippen molar-refractivity contribution in [2.24, 2.45) is 40.1 Å². The van der Waals surface area contributed by atoms with E-state index in [0.29, 0.717) is 55.6 Å². The van der Waals surface area contributed by atoms with Crippen LogP contribution in [0, 0.1) is 40.9 Å². The van der Waals surface area contributed by atoms with Crippen molar-refractivity contribution < 1.29 is 52.6 Å². The number of urea groups is 1. The first-order chi connectivity index (χ1) is 44.7. The zero-order valence-electron chi connectivity index (χ0n) is 56.3. The fourth-order valence-electron chi connectivity index (χ4n) is 15.3. The van der Waals surface area contributed by atoms with Crippen LogP contribution in [0.4, 0.5) is 26.7 Å². The molecule has 4 aliphatic rings. The zero-order valence-corrected chi connectivity index (χ0v) is 56.3. The van der Waals surface area contributed by atoms with Crippen molar-refractivity contribution >= 4 is 70.5 Å². The molecular weight excluding hydrogens is 1190 g/mol. The molecule has 1 unspecified atom stereocenters. The number of terminal acetylenes is 1. The molecular formula is C72H103N11O11. The van der Waals surface area contributed by atoms with Gasteiger partial charge >= 0.3 is 12.1 Å². The number of anilines is 3. The number of nitrogens with one attached hydrogen (secondary N) is 8. The van der Waals surface area contributed by atoms with Gasteiger partial charge in [0, 0.05) is 36.6 Å². The smallest absolute Gasteiger partial charge is 0.407 e. The summed E-state index contributed by atoms with van der Waals surface area (Å²) in [5.41, 5.74) is 22.6. The van der Waals surface area contributed by atoms with Crippen molar-refractivity contribution in [1.82, 2.24) is 31.9 Å². The van der Waals surface area contributed by atoms with E-state index >= 15 is 0 Å². The van der Waals surface area contributed by atoms with E-state index in [9.17, 15) is 43.2 Å². The Morgan fingerprint density at radius 2 is 1.24 bits per heavy atom. The van der Waals surface area contributed by atoms with Gasteiger partial charge in [-0.25, -0.2) is 9.59 Å². The number of primary amides is 1. The van der Waals surface area contributed by atoms with E-state index in [1.807, 2.05) is 38.1 Å². The van der Waals surface area contributed by atoms with Crippen LogP contribution < -0.4 is 59.7 Å². The number of fused-ring (bicyclic) bond motifs is 6. The summed E-state index contributed by atoms with van der Waals surface area (Å²) in [7, 11) is 0. The topological polar surface area (TPSA) is 346 Å². The van der Waals surface area contributed by atoms with Gasteiger partial charge in [0.2, 0.25) is 41.4 Å². The number of benzene rings is 3. The van der Waals surface area contributed by atoms with Crippen LogP contribution in [0.15, 0.2) is 60.7 Å². The van der Waals surface area contributed by atoms with E-state index in [4.69, 9.17) is 33.1 Å². The van der Waals surface area contributed by atoms with Gasteiger partial charge in [0.1, 0.15) is 31.8 Å². The van der Waals surface area contributed by atoms with Gasteiger partial charge in [-0.05, 0) is 196 Å². The standard InChI is InChI=1S/C72H103N11O11/c1-9-10-11-12-13-19-46(4)93-44-60(85)76-38-15-14-20-55(74)62(86)82-61(45(2)3)64(88)81-56(21-16-39-77-67(75)91)63(87)80-51-29-22-47(23-30-51)43-94-68(92)78-42-59(84)79-52-31-25-49-27-33-58-70(6,54(49)41-52)35-18-37-72(58,8)66(90)83-65(89)71(7)36-17-34-69(5)53-40-50(73)28-24-48(53)26-32-57(69)71/h1,22-25,28-31,40-41,45-46,55-58,61H,10-21,26-27,32-39,42-44,73-74H2,2-8H3,(H,76,85)(H,78,92)(H,79,84)(H,80,87)(H,81,88)(H,82,86)(H3,75,77,91)(H,83,89,90)/t46?,55-,56+,57-,58-,61+,69-,70-,71+,72+/m1/s1. The number of hydrogen-bond acceptors (Lipinski definition) is 13. The number of nitrogens with two attached hydrogens (primary N) is 3. The quantitative estimate of drug-likeness (QED) is 0.0126. The van der Waals surface area contributed by atoms with Crippen LogP contribution in [-0.2, 0) is 73.3 Å². The second-order valence-corrected chi connectivity index (χ2v) is 27.9. The highest BCUT2D eigenvalue weighted by molar-refractivity contribution is 6.01. The first kappa shape index (κ1) is 73.4. The second kappa shape index (κ2) is 33.4. The third-order valence-electron chi connectivity index (χ3n) is 20.7. The molecule has 0 bridgehead atoms. The number of alkyl carbamates (subject to hydrolysis) is 1. The summed E-state index contributed by atoms with van der Waals surface area (Å²) < 4.78 is 11.1. The molecule has 4 aliphatic carbocycles. The minimum atomic E-state index is -1.10. The molecule has 512 valence electrons. The zero-order chi connectivity index (χ0) is 68.4. The molecule has 22 nitrogen and oxygen atoms in total. The van der Waals surface area contributed by atoms with Gasteiger partial charge < -0.3 is 63.9 Å². The first-order valence-electron chi connectivity index (χ1n) is 33.9. The van der Waals surface area contributed by atoms with E-state index in [-0.39, 0.29) is 80.2 Å².